The Labute approximate surface area is 215 Å². The zero-order valence-corrected chi connectivity index (χ0v) is 20.2. The first kappa shape index (κ1) is 27.7. The van der Waals surface area contributed by atoms with Crippen LogP contribution in [0.2, 0.25) is 0 Å². The Balaban J connectivity index is 1.85. The number of pyridine rings is 1. The van der Waals surface area contributed by atoms with E-state index in [0.29, 0.717) is 0 Å². The summed E-state index contributed by atoms with van der Waals surface area (Å²) in [5.74, 6) is -0.624. The van der Waals surface area contributed by atoms with Crippen LogP contribution in [0.1, 0.15) is 11.5 Å². The molecule has 3 rings (SSSR count). The maximum absolute atomic E-state index is 11.0. The van der Waals surface area contributed by atoms with Crippen LogP contribution in [0.4, 0.5) is 34.8 Å². The zero-order valence-electron chi connectivity index (χ0n) is 19.4. The van der Waals surface area contributed by atoms with Gasteiger partial charge < -0.3 is 20.8 Å². The maximum Gasteiger partial charge on any atom is 0.266 e. The highest BCUT2D eigenvalue weighted by Gasteiger charge is 2.14. The molecule has 0 aliphatic rings. The number of hydrogen-bond donors (Lipinski definition) is 5. The van der Waals surface area contributed by atoms with Crippen LogP contribution in [0, 0.1) is 16.7 Å². The van der Waals surface area contributed by atoms with E-state index >= 15 is 0 Å². The lowest BCUT2D eigenvalue weighted by atomic mass is 10.2. The standard InChI is InChI=1S/C20H20N10O7S/c1-21-14-10-12(30(33)34)2-3-13(14)28-29-17-5-4-16(32)15(24-17)11-18-25-19(22-6-8-31)27-20(26-18)23-7-9-38(35,36)37/h2-5,10,31-32H,6-9,11H2,(H,35,36,37)(H2,22,23,25,26,27). The molecular weight excluding hydrogens is 524 g/mol. The summed E-state index contributed by atoms with van der Waals surface area (Å²) in [6.07, 6.45) is -0.122. The molecule has 17 nitrogen and oxygen atoms in total. The van der Waals surface area contributed by atoms with Crippen LogP contribution in [0.15, 0.2) is 40.6 Å². The SMILES string of the molecule is [C-]#[N+]c1cc([N+](=O)[O-])ccc1N=Nc1ccc(O)c(Cc2nc(NCCO)nc(NCCS(=O)(=O)O)n2)n1. The molecule has 18 heteroatoms. The second kappa shape index (κ2) is 12.4. The Hall–Kier alpha value is -4.86. The molecule has 38 heavy (non-hydrogen) atoms. The van der Waals surface area contributed by atoms with Crippen molar-refractivity contribution in [3.05, 3.63) is 63.4 Å². The number of aliphatic hydroxyl groups excluding tert-OH is 1. The van der Waals surface area contributed by atoms with Crippen molar-refractivity contribution in [1.82, 2.24) is 19.9 Å². The lowest BCUT2D eigenvalue weighted by molar-refractivity contribution is -0.384. The van der Waals surface area contributed by atoms with E-state index in [-0.39, 0.29) is 78.2 Å². The highest BCUT2D eigenvalue weighted by atomic mass is 32.2. The van der Waals surface area contributed by atoms with Crippen LogP contribution in [0.25, 0.3) is 4.85 Å². The number of nitrogens with zero attached hydrogens (tertiary/aromatic N) is 8. The molecule has 0 fully saturated rings. The number of nitrogens with one attached hydrogen (secondary N) is 2. The van der Waals surface area contributed by atoms with Crippen molar-refractivity contribution in [3.63, 3.8) is 0 Å². The molecule has 0 amide bonds. The molecule has 0 atom stereocenters. The van der Waals surface area contributed by atoms with E-state index in [0.717, 1.165) is 6.07 Å². The fourth-order valence-corrected chi connectivity index (χ4v) is 3.20. The molecular formula is C20H20N10O7S. The van der Waals surface area contributed by atoms with Crippen LogP contribution < -0.4 is 10.6 Å². The lowest BCUT2D eigenvalue weighted by Crippen LogP contribution is -2.18. The van der Waals surface area contributed by atoms with Crippen LogP contribution in [0.5, 0.6) is 5.75 Å². The number of nitro groups is 1. The molecule has 1 aromatic carbocycles. The Bertz CT molecular complexity index is 1510. The first-order chi connectivity index (χ1) is 18.1. The topological polar surface area (TPSA) is 243 Å². The third-order valence-electron chi connectivity index (χ3n) is 4.53. The highest BCUT2D eigenvalue weighted by molar-refractivity contribution is 7.85. The quantitative estimate of drug-likeness (QED) is 0.0722. The number of benzene rings is 1. The molecule has 2 aromatic heterocycles. The second-order valence-corrected chi connectivity index (χ2v) is 8.89. The number of aliphatic hydroxyl groups is 1. The van der Waals surface area contributed by atoms with Gasteiger partial charge in [0.1, 0.15) is 11.6 Å². The molecule has 0 radical (unpaired) electrons. The summed E-state index contributed by atoms with van der Waals surface area (Å²) in [4.78, 5) is 30.1. The van der Waals surface area contributed by atoms with Gasteiger partial charge in [-0.25, -0.2) is 9.83 Å². The Morgan fingerprint density at radius 3 is 2.39 bits per heavy atom. The number of aromatic nitrogens is 4. The van der Waals surface area contributed by atoms with Crippen LogP contribution in [0.3, 0.4) is 0 Å². The number of non-ortho nitro benzene ring substituents is 1. The fraction of sp³-hybridized carbons (Fsp3) is 0.250. The number of rotatable bonds is 12. The predicted molar refractivity (Wildman–Crippen MR) is 133 cm³/mol. The van der Waals surface area contributed by atoms with E-state index in [2.05, 4.69) is 45.6 Å². The van der Waals surface area contributed by atoms with E-state index < -0.39 is 20.8 Å². The first-order valence-electron chi connectivity index (χ1n) is 10.6. The van der Waals surface area contributed by atoms with Gasteiger partial charge in [-0.2, -0.15) is 28.5 Å². The molecule has 0 spiro atoms. The minimum Gasteiger partial charge on any atom is -0.506 e. The smallest absolute Gasteiger partial charge is 0.266 e. The van der Waals surface area contributed by atoms with Crippen molar-refractivity contribution in [2.75, 3.05) is 36.1 Å². The van der Waals surface area contributed by atoms with Gasteiger partial charge in [-0.05, 0) is 18.2 Å². The summed E-state index contributed by atoms with van der Waals surface area (Å²) in [5, 5.41) is 43.5. The molecule has 0 unspecified atom stereocenters. The van der Waals surface area contributed by atoms with Crippen LogP contribution in [-0.4, -0.2) is 73.5 Å². The number of azo groups is 1. The Morgan fingerprint density at radius 2 is 1.76 bits per heavy atom. The van der Waals surface area contributed by atoms with Gasteiger partial charge in [0.25, 0.3) is 15.8 Å². The van der Waals surface area contributed by atoms with Gasteiger partial charge in [0.15, 0.2) is 5.82 Å². The van der Waals surface area contributed by atoms with Crippen molar-refractivity contribution in [2.24, 2.45) is 10.2 Å². The molecule has 198 valence electrons. The highest BCUT2D eigenvalue weighted by Crippen LogP contribution is 2.33. The Kier molecular flexibility index (Phi) is 9.04. The monoisotopic (exact) mass is 544 g/mol. The minimum atomic E-state index is -4.21. The van der Waals surface area contributed by atoms with Gasteiger partial charge in [-0.15, -0.1) is 5.11 Å². The van der Waals surface area contributed by atoms with Crippen LogP contribution >= 0.6 is 0 Å². The molecule has 0 saturated heterocycles. The maximum atomic E-state index is 11.0. The van der Waals surface area contributed by atoms with E-state index in [1.165, 1.54) is 24.3 Å². The fourth-order valence-electron chi connectivity index (χ4n) is 2.84. The summed E-state index contributed by atoms with van der Waals surface area (Å²) < 4.78 is 30.8. The molecule has 0 bridgehead atoms. The third kappa shape index (κ3) is 8.09. The normalized spacial score (nSPS) is 11.3. The van der Waals surface area contributed by atoms with E-state index in [1.54, 1.807) is 0 Å². The largest absolute Gasteiger partial charge is 0.506 e. The average molecular weight is 545 g/mol. The van der Waals surface area contributed by atoms with Gasteiger partial charge >= 0.3 is 0 Å². The molecule has 0 aliphatic carbocycles. The van der Waals surface area contributed by atoms with Crippen molar-refractivity contribution >= 4 is 44.9 Å². The summed E-state index contributed by atoms with van der Waals surface area (Å²) in [6.45, 7) is 6.91. The van der Waals surface area contributed by atoms with Crippen molar-refractivity contribution in [3.8, 4) is 5.75 Å². The van der Waals surface area contributed by atoms with Gasteiger partial charge in [0.2, 0.25) is 17.6 Å². The van der Waals surface area contributed by atoms with Crippen molar-refractivity contribution in [1.29, 1.82) is 0 Å². The van der Waals surface area contributed by atoms with Gasteiger partial charge in [0.05, 0.1) is 41.7 Å². The Morgan fingerprint density at radius 1 is 1.05 bits per heavy atom. The molecule has 5 N–H and O–H groups in total. The van der Waals surface area contributed by atoms with E-state index in [9.17, 15) is 23.6 Å². The van der Waals surface area contributed by atoms with E-state index in [1.807, 2.05) is 0 Å². The number of hydrogen-bond acceptors (Lipinski definition) is 14. The lowest BCUT2D eigenvalue weighted by Gasteiger charge is -2.10. The van der Waals surface area contributed by atoms with E-state index in [4.69, 9.17) is 16.2 Å². The number of nitro benzene ring substituents is 1. The summed E-state index contributed by atoms with van der Waals surface area (Å²) in [5.41, 5.74) is -0.167. The predicted octanol–water partition coefficient (Wildman–Crippen LogP) is 2.14. The molecule has 0 aliphatic heterocycles. The van der Waals surface area contributed by atoms with Gasteiger partial charge in [0, 0.05) is 25.2 Å². The number of anilines is 2. The van der Waals surface area contributed by atoms with Gasteiger partial charge in [-0.1, -0.05) is 0 Å². The summed E-state index contributed by atoms with van der Waals surface area (Å²) in [6, 6.07) is 6.19. The summed E-state index contributed by atoms with van der Waals surface area (Å²) in [7, 11) is -4.21. The minimum absolute atomic E-state index is 0.0285. The second-order valence-electron chi connectivity index (χ2n) is 7.32. The number of aromatic hydroxyl groups is 1. The first-order valence-corrected chi connectivity index (χ1v) is 12.2. The molecule has 3 aromatic rings. The zero-order chi connectivity index (χ0) is 27.7. The average Bonchev–Trinajstić information content (AvgIpc) is 2.87. The third-order valence-corrected chi connectivity index (χ3v) is 5.25. The van der Waals surface area contributed by atoms with Crippen molar-refractivity contribution in [2.45, 2.75) is 6.42 Å². The molecule has 0 saturated carbocycles. The van der Waals surface area contributed by atoms with Crippen LogP contribution in [-0.2, 0) is 16.5 Å². The summed E-state index contributed by atoms with van der Waals surface area (Å²) >= 11 is 0. The van der Waals surface area contributed by atoms with Crippen molar-refractivity contribution < 1.29 is 28.1 Å². The molecule has 2 heterocycles. The van der Waals surface area contributed by atoms with Gasteiger partial charge in [-0.3, -0.25) is 14.7 Å².